The lowest BCUT2D eigenvalue weighted by atomic mass is 9.99. The monoisotopic (exact) mass is 637 g/mol. The number of benzene rings is 3. The molecule has 1 heterocycles. The summed E-state index contributed by atoms with van der Waals surface area (Å²) < 4.78 is 41.9. The summed E-state index contributed by atoms with van der Waals surface area (Å²) in [4.78, 5) is 23.9. The summed E-state index contributed by atoms with van der Waals surface area (Å²) in [6, 6.07) is 25.6. The third-order valence-corrected chi connectivity index (χ3v) is 7.02. The maximum atomic E-state index is 12.5. The van der Waals surface area contributed by atoms with Crippen LogP contribution in [0.15, 0.2) is 95.5 Å². The topological polar surface area (TPSA) is 146 Å². The van der Waals surface area contributed by atoms with Crippen LogP contribution in [0.2, 0.25) is 0 Å². The zero-order valence-electron chi connectivity index (χ0n) is 25.8. The number of carbonyl (C=O) groups excluding carboxylic acids is 2. The first-order valence-corrected chi connectivity index (χ1v) is 15.5. The number of aromatic nitrogens is 1. The molecule has 0 aliphatic rings. The number of esters is 1. The maximum Gasteiger partial charge on any atom is 0.511 e. The summed E-state index contributed by atoms with van der Waals surface area (Å²) in [5, 5.41) is 14.8. The summed E-state index contributed by atoms with van der Waals surface area (Å²) in [5.41, 5.74) is 1.77. The van der Waals surface area contributed by atoms with Crippen molar-refractivity contribution in [3.05, 3.63) is 102 Å². The van der Waals surface area contributed by atoms with Gasteiger partial charge in [0.2, 0.25) is 6.29 Å². The Labute approximate surface area is 264 Å². The lowest BCUT2D eigenvalue weighted by Gasteiger charge is -2.28. The number of ether oxygens (including phenoxy) is 3. The highest BCUT2D eigenvalue weighted by molar-refractivity contribution is 7.61. The number of hydrogen-bond acceptors (Lipinski definition) is 10. The number of rotatable bonds is 12. The van der Waals surface area contributed by atoms with Crippen molar-refractivity contribution in [3.63, 3.8) is 0 Å². The van der Waals surface area contributed by atoms with E-state index in [9.17, 15) is 23.1 Å². The molecule has 2 unspecified atom stereocenters. The van der Waals surface area contributed by atoms with Gasteiger partial charge < -0.3 is 29.2 Å². The number of aryl methyl sites for hydroxylation is 1. The molecule has 0 bridgehead atoms. The zero-order valence-corrected chi connectivity index (χ0v) is 26.6. The van der Waals surface area contributed by atoms with E-state index in [2.05, 4.69) is 19.0 Å². The van der Waals surface area contributed by atoms with E-state index in [0.29, 0.717) is 17.7 Å². The quantitative estimate of drug-likeness (QED) is 0.137. The number of β-amino-alcohol motifs (C(OH)–C–C–N with tert-alkyl or cyclic N) is 1. The molecule has 0 radical (unpaired) electrons. The molecule has 240 valence electrons. The van der Waals surface area contributed by atoms with Crippen molar-refractivity contribution in [2.24, 2.45) is 4.36 Å². The predicted molar refractivity (Wildman–Crippen MR) is 170 cm³/mol. The summed E-state index contributed by atoms with van der Waals surface area (Å²) in [6.45, 7) is 8.25. The largest absolute Gasteiger partial charge is 0.511 e. The van der Waals surface area contributed by atoms with Crippen molar-refractivity contribution in [2.75, 3.05) is 13.2 Å². The number of carbonyl (C=O) groups is 2. The van der Waals surface area contributed by atoms with Gasteiger partial charge in [0.15, 0.2) is 0 Å². The van der Waals surface area contributed by atoms with Crippen molar-refractivity contribution in [1.82, 2.24) is 9.88 Å². The van der Waals surface area contributed by atoms with Crippen molar-refractivity contribution in [1.29, 1.82) is 0 Å². The van der Waals surface area contributed by atoms with Gasteiger partial charge in [0.05, 0.1) is 24.0 Å². The minimum Gasteiger partial charge on any atom is -0.435 e. The fourth-order valence-corrected chi connectivity index (χ4v) is 4.58. The Hall–Kier alpha value is -4.52. The second-order valence-electron chi connectivity index (χ2n) is 10.6. The smallest absolute Gasteiger partial charge is 0.435 e. The molecule has 3 aromatic carbocycles. The van der Waals surface area contributed by atoms with Crippen LogP contribution in [-0.2, 0) is 31.3 Å². The molecular weight excluding hydrogens is 598 g/mol. The van der Waals surface area contributed by atoms with Crippen LogP contribution < -0.4 is 5.32 Å². The first-order chi connectivity index (χ1) is 21.5. The number of hydrogen-bond donors (Lipinski definition) is 2. The van der Waals surface area contributed by atoms with Crippen LogP contribution in [0.25, 0.3) is 10.9 Å². The van der Waals surface area contributed by atoms with Crippen molar-refractivity contribution in [3.8, 4) is 0 Å². The minimum absolute atomic E-state index is 0.156. The number of nitrogens with zero attached hydrogens (tertiary/aromatic N) is 2. The predicted octanol–water partition coefficient (Wildman–Crippen LogP) is 6.19. The van der Waals surface area contributed by atoms with Crippen LogP contribution in [0.4, 0.5) is 10.5 Å². The average Bonchev–Trinajstić information content (AvgIpc) is 3.42. The highest BCUT2D eigenvalue weighted by atomic mass is 32.2. The highest BCUT2D eigenvalue weighted by Crippen LogP contribution is 2.23. The maximum absolute atomic E-state index is 12.5. The molecule has 1 aromatic heterocycles. The molecule has 0 saturated carbocycles. The van der Waals surface area contributed by atoms with Crippen LogP contribution in [0, 0.1) is 0 Å². The second-order valence-corrected chi connectivity index (χ2v) is 11.3. The summed E-state index contributed by atoms with van der Waals surface area (Å²) >= 11 is 0. The van der Waals surface area contributed by atoms with Gasteiger partial charge in [-0.3, -0.25) is 0 Å². The SMILES string of the molecule is CCOC(=O)OC(C)OC(=O)c1ccc2c(ccn2CCC(C)(C)NCC(O)c2cccc(N=S(=O)=O)c2)c1.c1ccccc1. The summed E-state index contributed by atoms with van der Waals surface area (Å²) in [5.74, 6) is -0.620. The van der Waals surface area contributed by atoms with Crippen LogP contribution in [0.5, 0.6) is 0 Å². The van der Waals surface area contributed by atoms with Gasteiger partial charge in [0.25, 0.3) is 0 Å². The van der Waals surface area contributed by atoms with Gasteiger partial charge in [-0.25, -0.2) is 9.59 Å². The van der Waals surface area contributed by atoms with E-state index in [0.717, 1.165) is 17.3 Å². The van der Waals surface area contributed by atoms with Gasteiger partial charge in [0, 0.05) is 42.7 Å². The lowest BCUT2D eigenvalue weighted by molar-refractivity contribution is -0.0811. The minimum atomic E-state index is -2.56. The van der Waals surface area contributed by atoms with Crippen molar-refractivity contribution in [2.45, 2.75) is 58.6 Å². The van der Waals surface area contributed by atoms with E-state index in [4.69, 9.17) is 9.47 Å². The molecule has 0 aliphatic heterocycles. The average molecular weight is 638 g/mol. The Morgan fingerprint density at radius 3 is 2.31 bits per heavy atom. The van der Waals surface area contributed by atoms with E-state index in [1.807, 2.05) is 68.6 Å². The van der Waals surface area contributed by atoms with E-state index < -0.39 is 35.0 Å². The Balaban J connectivity index is 0.000000821. The van der Waals surface area contributed by atoms with Crippen LogP contribution >= 0.6 is 0 Å². The fraction of sp³-hybridized carbons (Fsp3) is 0.333. The van der Waals surface area contributed by atoms with Gasteiger partial charge in [-0.15, -0.1) is 4.36 Å². The van der Waals surface area contributed by atoms with Gasteiger partial charge in [-0.05, 0) is 69.2 Å². The van der Waals surface area contributed by atoms with E-state index >= 15 is 0 Å². The lowest BCUT2D eigenvalue weighted by Crippen LogP contribution is -2.42. The fourth-order valence-electron chi connectivity index (χ4n) is 4.29. The van der Waals surface area contributed by atoms with Crippen LogP contribution in [0.3, 0.4) is 0 Å². The van der Waals surface area contributed by atoms with Crippen molar-refractivity contribution >= 4 is 39.2 Å². The molecular formula is C33H39N3O8S. The molecule has 2 N–H and O–H groups in total. The standard InChI is InChI=1S/C27H33N3O8S.C6H6/c1-5-36-26(33)38-18(2)37-25(32)21-9-10-23-19(15-21)11-13-30(23)14-12-27(3,4)28-17-24(31)20-7-6-8-22(16-20)29-39(34)35;1-2-4-6-5-3-1/h6-11,13,15-16,18,24,28,31H,5,12,14,17H2,1-4H3;1-6H. The Morgan fingerprint density at radius 1 is 0.978 bits per heavy atom. The molecule has 0 amide bonds. The van der Waals surface area contributed by atoms with E-state index in [-0.39, 0.29) is 24.4 Å². The third kappa shape index (κ3) is 11.8. The van der Waals surface area contributed by atoms with Gasteiger partial charge in [-0.2, -0.15) is 8.42 Å². The normalized spacial score (nSPS) is 12.3. The highest BCUT2D eigenvalue weighted by Gasteiger charge is 2.21. The number of aliphatic hydroxyl groups excluding tert-OH is 1. The number of aliphatic hydroxyl groups is 1. The van der Waals surface area contributed by atoms with Gasteiger partial charge in [0.1, 0.15) is 0 Å². The Morgan fingerprint density at radius 2 is 1.67 bits per heavy atom. The Kier molecular flexibility index (Phi) is 13.3. The third-order valence-electron chi connectivity index (χ3n) is 6.66. The number of fused-ring (bicyclic) bond motifs is 1. The number of nitrogens with one attached hydrogen (secondary N) is 1. The van der Waals surface area contributed by atoms with Gasteiger partial charge in [-0.1, -0.05) is 48.5 Å². The zero-order chi connectivity index (χ0) is 32.8. The Bertz CT molecular complexity index is 1650. The first-order valence-electron chi connectivity index (χ1n) is 14.4. The molecule has 0 spiro atoms. The molecule has 11 nitrogen and oxygen atoms in total. The summed E-state index contributed by atoms with van der Waals surface area (Å²) in [6.07, 6.45) is -0.160. The van der Waals surface area contributed by atoms with Gasteiger partial charge >= 0.3 is 22.6 Å². The first kappa shape index (κ1) is 35.0. The molecule has 2 atom stereocenters. The van der Waals surface area contributed by atoms with E-state index in [1.54, 1.807) is 43.3 Å². The molecule has 0 saturated heterocycles. The van der Waals surface area contributed by atoms with Crippen LogP contribution in [0.1, 0.15) is 56.1 Å². The second kappa shape index (κ2) is 17.1. The molecule has 4 aromatic rings. The molecule has 0 aliphatic carbocycles. The molecule has 0 fully saturated rings. The van der Waals surface area contributed by atoms with E-state index in [1.165, 1.54) is 6.92 Å². The molecule has 12 heteroatoms. The molecule has 4 rings (SSSR count). The molecule has 45 heavy (non-hydrogen) atoms. The van der Waals surface area contributed by atoms with Crippen LogP contribution in [-0.4, -0.2) is 55.2 Å². The summed E-state index contributed by atoms with van der Waals surface area (Å²) in [7, 11) is -2.56. The van der Waals surface area contributed by atoms with Crippen molar-refractivity contribution < 1.29 is 37.3 Å².